The molecule has 0 aliphatic carbocycles. The Morgan fingerprint density at radius 3 is 2.50 bits per heavy atom. The van der Waals surface area contributed by atoms with E-state index in [0.29, 0.717) is 12.3 Å². The van der Waals surface area contributed by atoms with E-state index >= 15 is 0 Å². The Morgan fingerprint density at radius 2 is 1.95 bits per heavy atom. The standard InChI is InChI=1S/C14H13F4NO/c1-2-19-13(11-7-4-8-20-11)9-5-3-6-10(12(9)15)14(16,17)18/h3-8,13,19H,2H2,1H3. The summed E-state index contributed by atoms with van der Waals surface area (Å²) in [5, 5.41) is 2.92. The normalized spacial score (nSPS) is 13.4. The highest BCUT2D eigenvalue weighted by Crippen LogP contribution is 2.35. The van der Waals surface area contributed by atoms with Gasteiger partial charge in [-0.25, -0.2) is 4.39 Å². The predicted octanol–water partition coefficient (Wildman–Crippen LogP) is 4.14. The molecule has 1 aromatic heterocycles. The molecule has 0 radical (unpaired) electrons. The van der Waals surface area contributed by atoms with Crippen LogP contribution in [0.4, 0.5) is 17.6 Å². The molecule has 0 bridgehead atoms. The molecular formula is C14H13F4NO. The average Bonchev–Trinajstić information content (AvgIpc) is 2.89. The highest BCUT2D eigenvalue weighted by atomic mass is 19.4. The molecular weight excluding hydrogens is 274 g/mol. The third-order valence-corrected chi connectivity index (χ3v) is 2.88. The van der Waals surface area contributed by atoms with Crippen molar-refractivity contribution in [1.82, 2.24) is 5.32 Å². The Labute approximate surface area is 113 Å². The summed E-state index contributed by atoms with van der Waals surface area (Å²) >= 11 is 0. The fourth-order valence-corrected chi connectivity index (χ4v) is 2.02. The summed E-state index contributed by atoms with van der Waals surface area (Å²) in [4.78, 5) is 0. The van der Waals surface area contributed by atoms with Gasteiger partial charge in [-0.1, -0.05) is 19.1 Å². The van der Waals surface area contributed by atoms with E-state index in [1.165, 1.54) is 18.4 Å². The molecule has 2 aromatic rings. The van der Waals surface area contributed by atoms with Gasteiger partial charge in [-0.05, 0) is 24.7 Å². The van der Waals surface area contributed by atoms with Crippen molar-refractivity contribution in [2.45, 2.75) is 19.1 Å². The monoisotopic (exact) mass is 287 g/mol. The minimum Gasteiger partial charge on any atom is -0.467 e. The predicted molar refractivity (Wildman–Crippen MR) is 65.6 cm³/mol. The van der Waals surface area contributed by atoms with Crippen molar-refractivity contribution in [2.75, 3.05) is 6.54 Å². The van der Waals surface area contributed by atoms with Crippen LogP contribution in [0.3, 0.4) is 0 Å². The summed E-state index contributed by atoms with van der Waals surface area (Å²) in [5.41, 5.74) is -1.36. The molecule has 0 aliphatic rings. The van der Waals surface area contributed by atoms with Gasteiger partial charge in [0.1, 0.15) is 11.6 Å². The molecule has 20 heavy (non-hydrogen) atoms. The van der Waals surface area contributed by atoms with E-state index in [1.54, 1.807) is 19.1 Å². The van der Waals surface area contributed by atoms with E-state index < -0.39 is 23.6 Å². The molecule has 2 nitrogen and oxygen atoms in total. The van der Waals surface area contributed by atoms with Crippen molar-refractivity contribution < 1.29 is 22.0 Å². The van der Waals surface area contributed by atoms with E-state index in [-0.39, 0.29) is 5.56 Å². The van der Waals surface area contributed by atoms with Crippen molar-refractivity contribution >= 4 is 0 Å². The lowest BCUT2D eigenvalue weighted by Crippen LogP contribution is -2.23. The van der Waals surface area contributed by atoms with Crippen molar-refractivity contribution in [2.24, 2.45) is 0 Å². The highest BCUT2D eigenvalue weighted by Gasteiger charge is 2.36. The second-order valence-corrected chi connectivity index (χ2v) is 4.21. The lowest BCUT2D eigenvalue weighted by Gasteiger charge is -2.19. The molecule has 1 atom stereocenters. The second-order valence-electron chi connectivity index (χ2n) is 4.21. The summed E-state index contributed by atoms with van der Waals surface area (Å²) in [7, 11) is 0. The van der Waals surface area contributed by atoms with Gasteiger partial charge < -0.3 is 9.73 Å². The summed E-state index contributed by atoms with van der Waals surface area (Å²) in [6, 6.07) is 5.68. The van der Waals surface area contributed by atoms with Crippen LogP contribution in [0.2, 0.25) is 0 Å². The summed E-state index contributed by atoms with van der Waals surface area (Å²) < 4.78 is 57.5. The van der Waals surface area contributed by atoms with Crippen molar-refractivity contribution in [3.8, 4) is 0 Å². The molecule has 0 aliphatic heterocycles. The van der Waals surface area contributed by atoms with E-state index in [0.717, 1.165) is 6.07 Å². The molecule has 1 unspecified atom stereocenters. The topological polar surface area (TPSA) is 25.2 Å². The first-order valence-electron chi connectivity index (χ1n) is 6.07. The third kappa shape index (κ3) is 2.85. The van der Waals surface area contributed by atoms with Crippen LogP contribution >= 0.6 is 0 Å². The molecule has 0 saturated heterocycles. The fourth-order valence-electron chi connectivity index (χ4n) is 2.02. The van der Waals surface area contributed by atoms with Crippen LogP contribution in [0.25, 0.3) is 0 Å². The number of rotatable bonds is 4. The first-order chi connectivity index (χ1) is 9.45. The van der Waals surface area contributed by atoms with Crippen LogP contribution in [-0.4, -0.2) is 6.54 Å². The smallest absolute Gasteiger partial charge is 0.419 e. The zero-order valence-corrected chi connectivity index (χ0v) is 10.7. The lowest BCUT2D eigenvalue weighted by molar-refractivity contribution is -0.140. The van der Waals surface area contributed by atoms with Crippen LogP contribution in [0, 0.1) is 5.82 Å². The molecule has 0 saturated carbocycles. The number of nitrogens with one attached hydrogen (secondary N) is 1. The molecule has 0 spiro atoms. The lowest BCUT2D eigenvalue weighted by atomic mass is 10.0. The average molecular weight is 287 g/mol. The van der Waals surface area contributed by atoms with Crippen molar-refractivity contribution in [3.63, 3.8) is 0 Å². The number of hydrogen-bond acceptors (Lipinski definition) is 2. The van der Waals surface area contributed by atoms with Crippen LogP contribution in [-0.2, 0) is 6.18 Å². The van der Waals surface area contributed by atoms with E-state index in [9.17, 15) is 17.6 Å². The van der Waals surface area contributed by atoms with Gasteiger partial charge >= 0.3 is 6.18 Å². The minimum atomic E-state index is -4.72. The zero-order chi connectivity index (χ0) is 14.8. The number of furan rings is 1. The first-order valence-corrected chi connectivity index (χ1v) is 6.07. The Balaban J connectivity index is 2.50. The van der Waals surface area contributed by atoms with Crippen LogP contribution in [0.1, 0.15) is 29.9 Å². The molecule has 6 heteroatoms. The molecule has 0 amide bonds. The van der Waals surface area contributed by atoms with Gasteiger partial charge in [0.25, 0.3) is 0 Å². The fraction of sp³-hybridized carbons (Fsp3) is 0.286. The van der Waals surface area contributed by atoms with Crippen molar-refractivity contribution in [1.29, 1.82) is 0 Å². The van der Waals surface area contributed by atoms with E-state index in [4.69, 9.17) is 4.42 Å². The van der Waals surface area contributed by atoms with Gasteiger partial charge in [-0.2, -0.15) is 13.2 Å². The SMILES string of the molecule is CCNC(c1ccco1)c1cccc(C(F)(F)F)c1F. The Morgan fingerprint density at radius 1 is 1.20 bits per heavy atom. The number of alkyl halides is 3. The Bertz CT molecular complexity index is 563. The second kappa shape index (κ2) is 5.66. The van der Waals surface area contributed by atoms with Gasteiger partial charge in [0.15, 0.2) is 0 Å². The maximum atomic E-state index is 14.1. The van der Waals surface area contributed by atoms with E-state index in [2.05, 4.69) is 5.32 Å². The zero-order valence-electron chi connectivity index (χ0n) is 10.7. The molecule has 2 rings (SSSR count). The van der Waals surface area contributed by atoms with Gasteiger partial charge in [0.2, 0.25) is 0 Å². The summed E-state index contributed by atoms with van der Waals surface area (Å²) in [5.74, 6) is -0.910. The van der Waals surface area contributed by atoms with E-state index in [1.807, 2.05) is 0 Å². The highest BCUT2D eigenvalue weighted by molar-refractivity contribution is 5.34. The Kier molecular flexibility index (Phi) is 4.13. The molecule has 0 fully saturated rings. The van der Waals surface area contributed by atoms with Gasteiger partial charge in [-0.3, -0.25) is 0 Å². The van der Waals surface area contributed by atoms with Crippen LogP contribution < -0.4 is 5.32 Å². The van der Waals surface area contributed by atoms with Crippen molar-refractivity contribution in [3.05, 3.63) is 59.3 Å². The summed E-state index contributed by atoms with van der Waals surface area (Å²) in [6.07, 6.45) is -3.33. The quantitative estimate of drug-likeness (QED) is 0.855. The van der Waals surface area contributed by atoms with Crippen LogP contribution in [0.5, 0.6) is 0 Å². The first kappa shape index (κ1) is 14.6. The molecule has 108 valence electrons. The maximum Gasteiger partial charge on any atom is 0.419 e. The minimum absolute atomic E-state index is 0.0865. The molecule has 1 heterocycles. The number of halogens is 4. The number of hydrogen-bond donors (Lipinski definition) is 1. The molecule has 1 aromatic carbocycles. The third-order valence-electron chi connectivity index (χ3n) is 2.88. The van der Waals surface area contributed by atoms with Gasteiger partial charge in [-0.15, -0.1) is 0 Å². The van der Waals surface area contributed by atoms with Crippen LogP contribution in [0.15, 0.2) is 41.0 Å². The summed E-state index contributed by atoms with van der Waals surface area (Å²) in [6.45, 7) is 2.24. The van der Waals surface area contributed by atoms with Gasteiger partial charge in [0.05, 0.1) is 17.9 Å². The molecule has 1 N–H and O–H groups in total. The number of benzene rings is 1. The maximum absolute atomic E-state index is 14.1. The Hall–Kier alpha value is -1.82. The van der Waals surface area contributed by atoms with Gasteiger partial charge in [0, 0.05) is 5.56 Å². The largest absolute Gasteiger partial charge is 0.467 e.